The summed E-state index contributed by atoms with van der Waals surface area (Å²) in [7, 11) is 3.68. The van der Waals surface area contributed by atoms with Crippen molar-refractivity contribution in [3.63, 3.8) is 0 Å². The average molecular weight is 391 g/mol. The molecule has 1 aliphatic carbocycles. The Morgan fingerprint density at radius 3 is 1.90 bits per heavy atom. The first-order valence-corrected chi connectivity index (χ1v) is 10.00. The predicted molar refractivity (Wildman–Crippen MR) is 114 cm³/mol. The molecule has 5 rings (SSSR count). The molecule has 146 valence electrons. The molecule has 4 heteroatoms. The summed E-state index contributed by atoms with van der Waals surface area (Å²) in [6, 6.07) is 28.9. The van der Waals surface area contributed by atoms with Crippen molar-refractivity contribution in [2.24, 2.45) is 5.41 Å². The van der Waals surface area contributed by atoms with Crippen LogP contribution >= 0.6 is 0 Å². The number of rotatable bonds is 2. The molecular formula is C26H21N3O. The minimum atomic E-state index is -1.17. The first-order valence-electron chi connectivity index (χ1n) is 10.00. The maximum atomic E-state index is 10.3. The lowest BCUT2D eigenvalue weighted by molar-refractivity contribution is 0.168. The molecule has 0 radical (unpaired) electrons. The minimum absolute atomic E-state index is 0.363. The van der Waals surface area contributed by atoms with Gasteiger partial charge in [0.05, 0.1) is 30.8 Å². The van der Waals surface area contributed by atoms with Crippen LogP contribution in [0.4, 0.5) is 0 Å². The van der Waals surface area contributed by atoms with Crippen LogP contribution in [0.15, 0.2) is 72.8 Å². The van der Waals surface area contributed by atoms with E-state index in [4.69, 9.17) is 4.74 Å². The van der Waals surface area contributed by atoms with Crippen LogP contribution in [-0.2, 0) is 5.54 Å². The molecule has 1 spiro atoms. The topological polar surface area (TPSA) is 60.0 Å². The maximum Gasteiger partial charge on any atom is 0.165 e. The molecule has 1 fully saturated rings. The van der Waals surface area contributed by atoms with Crippen LogP contribution in [0.1, 0.15) is 29.2 Å². The standard InChI is InChI=1S/C26H21N3O/c1-29-24(18-11-13-19(30-2)14-12-18)25(16-27,17-28)15-26(29)22-9-5-3-7-20(22)21-8-4-6-10-23(21)26/h3-14,24H,15H2,1-2H3/t24-/m1/s1. The van der Waals surface area contributed by atoms with Crippen LogP contribution in [0, 0.1) is 28.1 Å². The summed E-state index contributed by atoms with van der Waals surface area (Å²) in [6.07, 6.45) is 0.425. The van der Waals surface area contributed by atoms with Crippen molar-refractivity contribution >= 4 is 0 Å². The fraction of sp³-hybridized carbons (Fsp3) is 0.231. The van der Waals surface area contributed by atoms with E-state index < -0.39 is 11.0 Å². The van der Waals surface area contributed by atoms with Crippen LogP contribution in [0.5, 0.6) is 5.75 Å². The van der Waals surface area contributed by atoms with Crippen molar-refractivity contribution in [3.05, 3.63) is 89.5 Å². The Morgan fingerprint density at radius 2 is 1.40 bits per heavy atom. The van der Waals surface area contributed by atoms with Gasteiger partial charge in [0.2, 0.25) is 0 Å². The fourth-order valence-electron chi connectivity index (χ4n) is 5.57. The molecule has 3 aromatic carbocycles. The molecular weight excluding hydrogens is 370 g/mol. The van der Waals surface area contributed by atoms with Gasteiger partial charge in [-0.15, -0.1) is 0 Å². The second kappa shape index (κ2) is 6.46. The number of nitriles is 2. The zero-order chi connectivity index (χ0) is 20.9. The van der Waals surface area contributed by atoms with Gasteiger partial charge in [-0.05, 0) is 47.0 Å². The van der Waals surface area contributed by atoms with Crippen LogP contribution in [0.2, 0.25) is 0 Å². The number of ether oxygens (including phenoxy) is 1. The molecule has 0 unspecified atom stereocenters. The number of likely N-dealkylation sites (tertiary alicyclic amines) is 1. The Bertz CT molecular complexity index is 1160. The SMILES string of the molecule is COc1ccc([C@H]2N(C)C3(CC2(C#N)C#N)c2ccccc2-c2ccccc23)cc1. The summed E-state index contributed by atoms with van der Waals surface area (Å²) in [6.45, 7) is 0. The molecule has 3 aromatic rings. The molecule has 1 saturated heterocycles. The number of benzene rings is 3. The Kier molecular flexibility index (Phi) is 3.97. The highest BCUT2D eigenvalue weighted by Gasteiger charge is 2.63. The van der Waals surface area contributed by atoms with Gasteiger partial charge in [0.25, 0.3) is 0 Å². The number of hydrogen-bond donors (Lipinski definition) is 0. The third kappa shape index (κ3) is 2.17. The van der Waals surface area contributed by atoms with Gasteiger partial charge in [-0.2, -0.15) is 10.5 Å². The molecule has 1 heterocycles. The van der Waals surface area contributed by atoms with Crippen molar-refractivity contribution in [1.29, 1.82) is 10.5 Å². The molecule has 0 amide bonds. The summed E-state index contributed by atoms with van der Waals surface area (Å²) in [4.78, 5) is 2.24. The molecule has 0 saturated carbocycles. The van der Waals surface area contributed by atoms with Crippen LogP contribution in [-0.4, -0.2) is 19.1 Å². The minimum Gasteiger partial charge on any atom is -0.497 e. The third-order valence-electron chi connectivity index (χ3n) is 6.86. The number of methoxy groups -OCH3 is 1. The largest absolute Gasteiger partial charge is 0.497 e. The highest BCUT2D eigenvalue weighted by atomic mass is 16.5. The van der Waals surface area contributed by atoms with E-state index in [1.165, 1.54) is 22.3 Å². The zero-order valence-corrected chi connectivity index (χ0v) is 17.0. The molecule has 0 aromatic heterocycles. The van der Waals surface area contributed by atoms with E-state index in [2.05, 4.69) is 41.3 Å². The van der Waals surface area contributed by atoms with E-state index in [-0.39, 0.29) is 6.04 Å². The average Bonchev–Trinajstić information content (AvgIpc) is 3.25. The first-order chi connectivity index (χ1) is 14.6. The van der Waals surface area contributed by atoms with E-state index in [1.807, 2.05) is 55.6 Å². The summed E-state index contributed by atoms with van der Waals surface area (Å²) in [5.74, 6) is 0.755. The van der Waals surface area contributed by atoms with Crippen molar-refractivity contribution < 1.29 is 4.74 Å². The van der Waals surface area contributed by atoms with Crippen LogP contribution in [0.3, 0.4) is 0 Å². The molecule has 2 aliphatic rings. The molecule has 4 nitrogen and oxygen atoms in total. The number of hydrogen-bond acceptors (Lipinski definition) is 4. The molecule has 1 aliphatic heterocycles. The fourth-order valence-corrected chi connectivity index (χ4v) is 5.57. The Labute approximate surface area is 176 Å². The first kappa shape index (κ1) is 18.4. The number of fused-ring (bicyclic) bond motifs is 5. The lowest BCUT2D eigenvalue weighted by Crippen LogP contribution is -2.39. The second-order valence-electron chi connectivity index (χ2n) is 8.11. The lowest BCUT2D eigenvalue weighted by atomic mass is 9.74. The van der Waals surface area contributed by atoms with E-state index in [1.54, 1.807) is 7.11 Å². The summed E-state index contributed by atoms with van der Waals surface area (Å²) >= 11 is 0. The summed E-state index contributed by atoms with van der Waals surface area (Å²) in [5, 5.41) is 20.6. The molecule has 30 heavy (non-hydrogen) atoms. The van der Waals surface area contributed by atoms with Crippen molar-refractivity contribution in [3.8, 4) is 29.0 Å². The van der Waals surface area contributed by atoms with Crippen molar-refractivity contribution in [2.75, 3.05) is 14.2 Å². The highest BCUT2D eigenvalue weighted by molar-refractivity contribution is 5.81. The second-order valence-corrected chi connectivity index (χ2v) is 8.11. The molecule has 1 atom stereocenters. The van der Waals surface area contributed by atoms with Gasteiger partial charge in [-0.25, -0.2) is 0 Å². The quantitative estimate of drug-likeness (QED) is 0.615. The Hall–Kier alpha value is -3.60. The Morgan fingerprint density at radius 1 is 0.867 bits per heavy atom. The Balaban J connectivity index is 1.77. The summed E-state index contributed by atoms with van der Waals surface area (Å²) < 4.78 is 5.31. The normalized spacial score (nSPS) is 20.2. The van der Waals surface area contributed by atoms with Crippen molar-refractivity contribution in [2.45, 2.75) is 18.0 Å². The van der Waals surface area contributed by atoms with Crippen LogP contribution in [0.25, 0.3) is 11.1 Å². The van der Waals surface area contributed by atoms with Gasteiger partial charge in [0.1, 0.15) is 5.75 Å². The van der Waals surface area contributed by atoms with Crippen LogP contribution < -0.4 is 4.74 Å². The van der Waals surface area contributed by atoms with E-state index in [9.17, 15) is 10.5 Å². The molecule has 0 bridgehead atoms. The smallest absolute Gasteiger partial charge is 0.165 e. The van der Waals surface area contributed by atoms with Gasteiger partial charge >= 0.3 is 0 Å². The monoisotopic (exact) mass is 391 g/mol. The third-order valence-corrected chi connectivity index (χ3v) is 6.86. The summed E-state index contributed by atoms with van der Waals surface area (Å²) in [5.41, 5.74) is 3.94. The van der Waals surface area contributed by atoms with Gasteiger partial charge in [0.15, 0.2) is 5.41 Å². The van der Waals surface area contributed by atoms with Gasteiger partial charge in [-0.1, -0.05) is 60.7 Å². The van der Waals surface area contributed by atoms with E-state index >= 15 is 0 Å². The van der Waals surface area contributed by atoms with Crippen molar-refractivity contribution in [1.82, 2.24) is 4.90 Å². The number of nitrogens with zero attached hydrogens (tertiary/aromatic N) is 3. The zero-order valence-electron chi connectivity index (χ0n) is 17.0. The van der Waals surface area contributed by atoms with Gasteiger partial charge in [0, 0.05) is 6.42 Å². The van der Waals surface area contributed by atoms with Gasteiger partial charge < -0.3 is 4.74 Å². The van der Waals surface area contributed by atoms with E-state index in [0.717, 1.165) is 11.3 Å². The van der Waals surface area contributed by atoms with E-state index in [0.29, 0.717) is 6.42 Å². The predicted octanol–water partition coefficient (Wildman–Crippen LogP) is 5.03. The highest BCUT2D eigenvalue weighted by Crippen LogP contribution is 2.64. The maximum absolute atomic E-state index is 10.3. The molecule has 0 N–H and O–H groups in total. The van der Waals surface area contributed by atoms with Gasteiger partial charge in [-0.3, -0.25) is 4.90 Å². The lowest BCUT2D eigenvalue weighted by Gasteiger charge is -2.37.